The van der Waals surface area contributed by atoms with Crippen molar-refractivity contribution >= 4 is 18.2 Å². The Balaban J connectivity index is 3.18. The van der Waals surface area contributed by atoms with Crippen LogP contribution < -0.4 is 0 Å². The van der Waals surface area contributed by atoms with Gasteiger partial charge in [0, 0.05) is 4.91 Å². The van der Waals surface area contributed by atoms with Crippen LogP contribution in [0.15, 0.2) is 11.5 Å². The second kappa shape index (κ2) is 3.37. The third-order valence-electron chi connectivity index (χ3n) is 0.255. The molecule has 4 heteroatoms. The van der Waals surface area contributed by atoms with Gasteiger partial charge in [-0.1, -0.05) is 6.58 Å². The van der Waals surface area contributed by atoms with Crippen LogP contribution in [0, 0.1) is 0 Å². The molecule has 0 amide bonds. The van der Waals surface area contributed by atoms with E-state index in [-0.39, 0.29) is 0 Å². The topological polar surface area (TPSA) is 46.5 Å². The van der Waals surface area contributed by atoms with Crippen molar-refractivity contribution in [1.82, 2.24) is 0 Å². The molecule has 46 valence electrons. The van der Waals surface area contributed by atoms with Gasteiger partial charge >= 0.3 is 6.16 Å². The molecule has 0 unspecified atom stereocenters. The normalized spacial score (nSPS) is 8.12. The summed E-state index contributed by atoms with van der Waals surface area (Å²) in [5.74, 6) is 0. The van der Waals surface area contributed by atoms with Crippen molar-refractivity contribution in [3.05, 3.63) is 11.5 Å². The van der Waals surface area contributed by atoms with E-state index in [4.69, 9.17) is 5.11 Å². The first-order chi connectivity index (χ1) is 3.63. The summed E-state index contributed by atoms with van der Waals surface area (Å²) < 4.78 is 4.04. The van der Waals surface area contributed by atoms with Crippen LogP contribution >= 0.6 is 12.0 Å². The Hall–Kier alpha value is -0.640. The van der Waals surface area contributed by atoms with Crippen molar-refractivity contribution in [2.45, 2.75) is 6.92 Å². The Bertz CT molecular complexity index is 95.9. The van der Waals surface area contributed by atoms with Gasteiger partial charge in [-0.2, -0.15) is 0 Å². The lowest BCUT2D eigenvalue weighted by molar-refractivity contribution is 0.153. The first-order valence-corrected chi connectivity index (χ1v) is 2.60. The van der Waals surface area contributed by atoms with E-state index in [9.17, 15) is 4.79 Å². The van der Waals surface area contributed by atoms with Crippen molar-refractivity contribution < 1.29 is 14.1 Å². The minimum absolute atomic E-state index is 0.618. The quantitative estimate of drug-likeness (QED) is 0.585. The molecule has 0 aromatic heterocycles. The molecule has 1 N–H and O–H groups in total. The van der Waals surface area contributed by atoms with E-state index in [0.29, 0.717) is 4.91 Å². The molecule has 0 radical (unpaired) electrons. The molecule has 0 fully saturated rings. The van der Waals surface area contributed by atoms with Gasteiger partial charge in [0.05, 0.1) is 12.0 Å². The highest BCUT2D eigenvalue weighted by Gasteiger charge is 1.95. The summed E-state index contributed by atoms with van der Waals surface area (Å²) in [6, 6.07) is 0. The largest absolute Gasteiger partial charge is 0.518 e. The van der Waals surface area contributed by atoms with E-state index in [0.717, 1.165) is 12.0 Å². The Morgan fingerprint density at radius 3 is 2.50 bits per heavy atom. The van der Waals surface area contributed by atoms with Crippen molar-refractivity contribution in [1.29, 1.82) is 0 Å². The molecule has 0 atom stereocenters. The van der Waals surface area contributed by atoms with Crippen LogP contribution in [0.4, 0.5) is 4.79 Å². The predicted octanol–water partition coefficient (Wildman–Crippen LogP) is 1.86. The molecule has 0 bridgehead atoms. The molecular formula is C4H6O3S. The molecule has 0 rings (SSSR count). The highest BCUT2D eigenvalue weighted by molar-refractivity contribution is 7.98. The van der Waals surface area contributed by atoms with Crippen LogP contribution in [0.1, 0.15) is 6.92 Å². The van der Waals surface area contributed by atoms with E-state index in [1.807, 2.05) is 0 Å². The van der Waals surface area contributed by atoms with Crippen LogP contribution in [0.2, 0.25) is 0 Å². The van der Waals surface area contributed by atoms with Crippen LogP contribution in [0.5, 0.6) is 0 Å². The summed E-state index contributed by atoms with van der Waals surface area (Å²) in [5, 5.41) is 7.88. The maximum atomic E-state index is 9.62. The molecule has 0 aliphatic rings. The SMILES string of the molecule is C=C(C)SOC(=O)O. The fraction of sp³-hybridized carbons (Fsp3) is 0.250. The zero-order valence-electron chi connectivity index (χ0n) is 4.38. The summed E-state index contributed by atoms with van der Waals surface area (Å²) in [5.41, 5.74) is 0. The van der Waals surface area contributed by atoms with Crippen molar-refractivity contribution in [2.24, 2.45) is 0 Å². The first kappa shape index (κ1) is 7.36. The molecule has 0 aromatic rings. The lowest BCUT2D eigenvalue weighted by Crippen LogP contribution is -1.90. The van der Waals surface area contributed by atoms with Crippen LogP contribution in [0.3, 0.4) is 0 Å². The van der Waals surface area contributed by atoms with Gasteiger partial charge in [-0.25, -0.2) is 4.79 Å². The summed E-state index contributed by atoms with van der Waals surface area (Å²) in [7, 11) is 0. The molecule has 0 aliphatic heterocycles. The summed E-state index contributed by atoms with van der Waals surface area (Å²) in [6.07, 6.45) is -1.29. The van der Waals surface area contributed by atoms with Crippen molar-refractivity contribution in [3.8, 4) is 0 Å². The van der Waals surface area contributed by atoms with Gasteiger partial charge in [0.15, 0.2) is 0 Å². The summed E-state index contributed by atoms with van der Waals surface area (Å²) >= 11 is 0.745. The highest BCUT2D eigenvalue weighted by Crippen LogP contribution is 2.12. The number of rotatable bonds is 2. The number of carbonyl (C=O) groups is 1. The van der Waals surface area contributed by atoms with Crippen LogP contribution in [-0.4, -0.2) is 11.3 Å². The van der Waals surface area contributed by atoms with E-state index in [1.54, 1.807) is 6.92 Å². The standard InChI is InChI=1S/C4H6O3S/c1-3(2)8-7-4(5)6/h1H2,2H3,(H,5,6). The average Bonchev–Trinajstić information content (AvgIpc) is 1.61. The minimum atomic E-state index is -1.29. The van der Waals surface area contributed by atoms with Gasteiger partial charge in [-0.3, -0.25) is 0 Å². The molecular weight excluding hydrogens is 128 g/mol. The summed E-state index contributed by atoms with van der Waals surface area (Å²) in [6.45, 7) is 5.06. The molecule has 8 heavy (non-hydrogen) atoms. The number of carboxylic acid groups (broad SMARTS) is 1. The molecule has 0 spiro atoms. The van der Waals surface area contributed by atoms with E-state index >= 15 is 0 Å². The lowest BCUT2D eigenvalue weighted by atomic mass is 10.8. The third kappa shape index (κ3) is 5.36. The highest BCUT2D eigenvalue weighted by atomic mass is 32.2. The number of hydrogen-bond donors (Lipinski definition) is 1. The van der Waals surface area contributed by atoms with Crippen molar-refractivity contribution in [2.75, 3.05) is 0 Å². The van der Waals surface area contributed by atoms with Gasteiger partial charge in [-0.15, -0.1) is 0 Å². The lowest BCUT2D eigenvalue weighted by Gasteiger charge is -1.92. The Kier molecular flexibility index (Phi) is 3.10. The number of hydrogen-bond acceptors (Lipinski definition) is 3. The molecule has 0 heterocycles. The second-order valence-electron chi connectivity index (χ2n) is 1.13. The van der Waals surface area contributed by atoms with Gasteiger partial charge in [0.1, 0.15) is 0 Å². The third-order valence-corrected chi connectivity index (χ3v) is 0.766. The van der Waals surface area contributed by atoms with Gasteiger partial charge < -0.3 is 9.29 Å². The molecule has 0 saturated carbocycles. The molecule has 0 saturated heterocycles. The first-order valence-electron chi connectivity index (χ1n) is 1.86. The van der Waals surface area contributed by atoms with E-state index < -0.39 is 6.16 Å². The smallest absolute Gasteiger partial charge is 0.449 e. The average molecular weight is 134 g/mol. The second-order valence-corrected chi connectivity index (χ2v) is 2.16. The van der Waals surface area contributed by atoms with E-state index in [2.05, 4.69) is 10.8 Å². The Morgan fingerprint density at radius 1 is 1.88 bits per heavy atom. The van der Waals surface area contributed by atoms with Gasteiger partial charge in [0.25, 0.3) is 0 Å². The maximum Gasteiger partial charge on any atom is 0.518 e. The monoisotopic (exact) mass is 134 g/mol. The fourth-order valence-corrected chi connectivity index (χ4v) is 0.320. The Labute approximate surface area is 51.5 Å². The Morgan fingerprint density at radius 2 is 2.38 bits per heavy atom. The molecule has 3 nitrogen and oxygen atoms in total. The zero-order chi connectivity index (χ0) is 6.57. The van der Waals surface area contributed by atoms with Gasteiger partial charge in [0.2, 0.25) is 0 Å². The number of allylic oxidation sites excluding steroid dienone is 1. The van der Waals surface area contributed by atoms with Crippen molar-refractivity contribution in [3.63, 3.8) is 0 Å². The fourth-order valence-electron chi connectivity index (χ4n) is 0.107. The predicted molar refractivity (Wildman–Crippen MR) is 31.5 cm³/mol. The van der Waals surface area contributed by atoms with E-state index in [1.165, 1.54) is 0 Å². The van der Waals surface area contributed by atoms with Crippen LogP contribution in [-0.2, 0) is 4.18 Å². The van der Waals surface area contributed by atoms with Gasteiger partial charge in [-0.05, 0) is 6.92 Å². The zero-order valence-corrected chi connectivity index (χ0v) is 5.20. The van der Waals surface area contributed by atoms with Crippen LogP contribution in [0.25, 0.3) is 0 Å². The summed E-state index contributed by atoms with van der Waals surface area (Å²) in [4.78, 5) is 10.2. The maximum absolute atomic E-state index is 9.62. The minimum Gasteiger partial charge on any atom is -0.449 e. The molecule has 0 aliphatic carbocycles. The molecule has 0 aromatic carbocycles.